The number of amides is 3. The van der Waals surface area contributed by atoms with Crippen LogP contribution >= 0.6 is 11.3 Å². The number of para-hydroxylation sites is 1. The van der Waals surface area contributed by atoms with Gasteiger partial charge in [0.15, 0.2) is 0 Å². The molecule has 7 rings (SSSR count). The van der Waals surface area contributed by atoms with Gasteiger partial charge in [-0.25, -0.2) is 13.4 Å². The van der Waals surface area contributed by atoms with E-state index in [1.165, 1.54) is 4.90 Å². The first kappa shape index (κ1) is 37.5. The van der Waals surface area contributed by atoms with E-state index in [0.717, 1.165) is 53.0 Å². The molecule has 13 nitrogen and oxygen atoms in total. The molecular weight excluding hydrogens is 715 g/mol. The number of nitrogens with zero attached hydrogens (tertiary/aromatic N) is 4. The number of nitrogens with two attached hydrogens (primary N) is 1. The molecule has 53 heavy (non-hydrogen) atoms. The summed E-state index contributed by atoms with van der Waals surface area (Å²) in [6.45, 7) is 10.0. The minimum absolute atomic E-state index is 0.0228. The van der Waals surface area contributed by atoms with Gasteiger partial charge in [-0.1, -0.05) is 44.9 Å². The van der Waals surface area contributed by atoms with Gasteiger partial charge in [0.2, 0.25) is 21.8 Å². The molecule has 5 atom stereocenters. The maximum absolute atomic E-state index is 14.3. The topological polar surface area (TPSA) is 179 Å². The van der Waals surface area contributed by atoms with Crippen LogP contribution in [0.4, 0.5) is 0 Å². The molecule has 4 heterocycles. The molecule has 2 saturated carbocycles. The van der Waals surface area contributed by atoms with Crippen LogP contribution in [0.3, 0.4) is 0 Å². The van der Waals surface area contributed by atoms with Crippen molar-refractivity contribution in [1.82, 2.24) is 29.5 Å². The lowest BCUT2D eigenvalue weighted by molar-refractivity contribution is -0.140. The van der Waals surface area contributed by atoms with E-state index in [1.54, 1.807) is 18.3 Å². The summed E-state index contributed by atoms with van der Waals surface area (Å²) in [5.41, 5.74) is 8.56. The Kier molecular flexibility index (Phi) is 9.98. The van der Waals surface area contributed by atoms with Gasteiger partial charge in [-0.15, -0.1) is 11.3 Å². The van der Waals surface area contributed by atoms with Crippen LogP contribution in [0.2, 0.25) is 0 Å². The van der Waals surface area contributed by atoms with E-state index in [0.29, 0.717) is 31.2 Å². The van der Waals surface area contributed by atoms with E-state index in [4.69, 9.17) is 20.4 Å². The second-order valence-electron chi connectivity index (χ2n) is 16.1. The predicted molar refractivity (Wildman–Crippen MR) is 204 cm³/mol. The van der Waals surface area contributed by atoms with Crippen molar-refractivity contribution in [2.45, 2.75) is 133 Å². The third-order valence-electron chi connectivity index (χ3n) is 11.3. The number of sulfonamides is 1. The zero-order valence-corrected chi connectivity index (χ0v) is 32.8. The molecule has 2 aromatic heterocycles. The Labute approximate surface area is 315 Å². The van der Waals surface area contributed by atoms with Gasteiger partial charge in [-0.2, -0.15) is 4.98 Å². The molecule has 286 valence electrons. The highest BCUT2D eigenvalue weighted by Gasteiger charge is 2.63. The van der Waals surface area contributed by atoms with Crippen LogP contribution in [-0.4, -0.2) is 80.6 Å². The lowest BCUT2D eigenvalue weighted by atomic mass is 10.1. The van der Waals surface area contributed by atoms with Crippen molar-refractivity contribution in [1.29, 1.82) is 0 Å². The summed E-state index contributed by atoms with van der Waals surface area (Å²) in [5.74, 6) is -1.74. The summed E-state index contributed by atoms with van der Waals surface area (Å²) < 4.78 is 36.1. The van der Waals surface area contributed by atoms with Crippen LogP contribution in [0.25, 0.3) is 21.6 Å². The van der Waals surface area contributed by atoms with E-state index < -0.39 is 50.3 Å². The molecule has 4 N–H and O–H groups in total. The largest absolute Gasteiger partial charge is 0.459 e. The molecule has 1 saturated heterocycles. The summed E-state index contributed by atoms with van der Waals surface area (Å²) >= 11 is 1.57. The monoisotopic (exact) mass is 765 g/mol. The van der Waals surface area contributed by atoms with Gasteiger partial charge in [0.25, 0.3) is 11.9 Å². The summed E-state index contributed by atoms with van der Waals surface area (Å²) in [4.78, 5) is 53.4. The molecule has 0 radical (unpaired) electrons. The number of thiazole rings is 1. The summed E-state index contributed by atoms with van der Waals surface area (Å²) in [7, 11) is -3.94. The molecular formula is C38H51N7O6S2. The van der Waals surface area contributed by atoms with Crippen molar-refractivity contribution in [2.24, 2.45) is 11.7 Å². The fraction of sp³-hybridized carbons (Fsp3) is 0.605. The van der Waals surface area contributed by atoms with Gasteiger partial charge in [-0.05, 0) is 77.3 Å². The van der Waals surface area contributed by atoms with Crippen molar-refractivity contribution in [3.05, 3.63) is 41.4 Å². The highest BCUT2D eigenvalue weighted by atomic mass is 32.2. The third kappa shape index (κ3) is 7.11. The highest BCUT2D eigenvalue weighted by molar-refractivity contribution is 7.91. The fourth-order valence-electron chi connectivity index (χ4n) is 7.52. The molecule has 3 fully saturated rings. The van der Waals surface area contributed by atoms with Crippen LogP contribution in [0, 0.1) is 5.92 Å². The first-order valence-electron chi connectivity index (χ1n) is 18.9. The van der Waals surface area contributed by atoms with Crippen LogP contribution in [0.5, 0.6) is 6.01 Å². The van der Waals surface area contributed by atoms with Crippen molar-refractivity contribution >= 4 is 50.1 Å². The maximum atomic E-state index is 14.3. The van der Waals surface area contributed by atoms with E-state index in [9.17, 15) is 22.8 Å². The highest BCUT2D eigenvalue weighted by Crippen LogP contribution is 2.47. The number of aromatic nitrogens is 3. The number of hydrogen-bond donors (Lipinski definition) is 3. The average Bonchev–Trinajstić information content (AvgIpc) is 3.77. The zero-order chi connectivity index (χ0) is 37.9. The van der Waals surface area contributed by atoms with Crippen LogP contribution in [-0.2, 0) is 24.4 Å². The summed E-state index contributed by atoms with van der Waals surface area (Å²) in [6, 6.07) is 4.54. The number of fused-ring (bicyclic) bond motifs is 3. The number of carbonyl (C=O) groups excluding carboxylic acids is 3. The normalized spacial score (nSPS) is 28.2. The predicted octanol–water partition coefficient (Wildman–Crippen LogP) is 4.93. The second kappa shape index (κ2) is 14.1. The quantitative estimate of drug-likeness (QED) is 0.268. The zero-order valence-electron chi connectivity index (χ0n) is 31.1. The lowest BCUT2D eigenvalue weighted by Crippen LogP contribution is -2.58. The first-order chi connectivity index (χ1) is 25.1. The van der Waals surface area contributed by atoms with Crippen molar-refractivity contribution in [3.63, 3.8) is 0 Å². The SMILES string of the molecule is CC(C)c1csc(-c2cccc3c2nc(O[C@@H]2C[C@H]4C(=O)N[C@]5(C(=O)NS(=O)(=O)C6(C)CC6)C[C@H]5/C=C\CCCCC[C@H](N)C(=O)N4C2)n3C(C)C)n1. The van der Waals surface area contributed by atoms with E-state index in [2.05, 4.69) is 29.3 Å². The minimum Gasteiger partial charge on any atom is -0.459 e. The van der Waals surface area contributed by atoms with Crippen LogP contribution < -0.4 is 20.5 Å². The molecule has 1 aromatic carbocycles. The summed E-state index contributed by atoms with van der Waals surface area (Å²) in [5, 5.41) is 5.86. The van der Waals surface area contributed by atoms with E-state index >= 15 is 0 Å². The van der Waals surface area contributed by atoms with Gasteiger partial charge < -0.3 is 20.7 Å². The number of rotatable bonds is 8. The minimum atomic E-state index is -3.94. The van der Waals surface area contributed by atoms with Crippen LogP contribution in [0.1, 0.15) is 110 Å². The molecule has 2 aliphatic carbocycles. The second-order valence-corrected chi connectivity index (χ2v) is 19.1. The van der Waals surface area contributed by atoms with Gasteiger partial charge >= 0.3 is 0 Å². The Balaban J connectivity index is 1.19. The smallest absolute Gasteiger partial charge is 0.297 e. The van der Waals surface area contributed by atoms with Crippen LogP contribution in [0.15, 0.2) is 35.7 Å². The van der Waals surface area contributed by atoms with Crippen molar-refractivity contribution in [2.75, 3.05) is 6.54 Å². The summed E-state index contributed by atoms with van der Waals surface area (Å²) in [6.07, 6.45) is 8.36. The average molecular weight is 766 g/mol. The number of allylic oxidation sites excluding steroid dienone is 1. The third-order valence-corrected chi connectivity index (χ3v) is 14.4. The fourth-order valence-corrected chi connectivity index (χ4v) is 9.83. The lowest BCUT2D eigenvalue weighted by Gasteiger charge is -2.28. The molecule has 2 aliphatic heterocycles. The number of imidazole rings is 1. The van der Waals surface area contributed by atoms with Crippen molar-refractivity contribution < 1.29 is 27.5 Å². The van der Waals surface area contributed by atoms with Gasteiger partial charge in [-0.3, -0.25) is 23.7 Å². The van der Waals surface area contributed by atoms with E-state index in [-0.39, 0.29) is 37.3 Å². The Morgan fingerprint density at radius 1 is 1.13 bits per heavy atom. The van der Waals surface area contributed by atoms with Gasteiger partial charge in [0.05, 0.1) is 28.5 Å². The Morgan fingerprint density at radius 3 is 2.60 bits per heavy atom. The van der Waals surface area contributed by atoms with Crippen molar-refractivity contribution in [3.8, 4) is 16.6 Å². The van der Waals surface area contributed by atoms with E-state index in [1.807, 2.05) is 48.8 Å². The molecule has 4 aliphatic rings. The number of benzene rings is 1. The Bertz CT molecular complexity index is 2050. The molecule has 3 amide bonds. The molecule has 0 bridgehead atoms. The molecule has 15 heteroatoms. The Morgan fingerprint density at radius 2 is 1.91 bits per heavy atom. The number of nitrogens with one attached hydrogen (secondary N) is 2. The van der Waals surface area contributed by atoms with Gasteiger partial charge in [0.1, 0.15) is 28.2 Å². The molecule has 0 spiro atoms. The standard InChI is InChI=1S/C38H51N7O6S2/c1-22(2)28-21-52-33(40-28)26-13-11-15-29-31(26)41-36(45(29)23(3)4)51-25-18-30-32(46)42-38(35(48)43-53(49,50)37(5)16-17-37)19-24(38)12-9-7-6-8-10-14-27(39)34(47)44(30)20-25/h9,11-13,15,21-25,27,30H,6-8,10,14,16-20,39H2,1-5H3,(H,42,46)(H,43,48)/b12-9-/t24-,25-,27+,30+,38-/m1/s1. The first-order valence-corrected chi connectivity index (χ1v) is 21.3. The molecule has 0 unspecified atom stereocenters. The maximum Gasteiger partial charge on any atom is 0.297 e. The van der Waals surface area contributed by atoms with Gasteiger partial charge in [0, 0.05) is 29.3 Å². The number of hydrogen-bond acceptors (Lipinski definition) is 10. The Hall–Kier alpha value is -3.82. The molecule has 3 aromatic rings. The number of ether oxygens (including phenoxy) is 1. The number of carbonyl (C=O) groups is 3.